The number of rotatable bonds is 4. The molecule has 2 aromatic rings. The Kier molecular flexibility index (Phi) is 4.17. The van der Waals surface area contributed by atoms with Crippen molar-refractivity contribution in [1.82, 2.24) is 5.32 Å². The molecule has 0 saturated heterocycles. The summed E-state index contributed by atoms with van der Waals surface area (Å²) in [6.45, 7) is 4.01. The highest BCUT2D eigenvalue weighted by Crippen LogP contribution is 2.25. The van der Waals surface area contributed by atoms with Crippen molar-refractivity contribution < 1.29 is 9.50 Å². The van der Waals surface area contributed by atoms with Gasteiger partial charge in [-0.05, 0) is 37.6 Å². The van der Waals surface area contributed by atoms with E-state index in [0.717, 1.165) is 11.1 Å². The maximum absolute atomic E-state index is 12.9. The fourth-order valence-electron chi connectivity index (χ4n) is 2.17. The fourth-order valence-corrected chi connectivity index (χ4v) is 2.17. The zero-order valence-corrected chi connectivity index (χ0v) is 11.1. The highest BCUT2D eigenvalue weighted by molar-refractivity contribution is 5.34. The Labute approximate surface area is 112 Å². The van der Waals surface area contributed by atoms with Gasteiger partial charge in [-0.25, -0.2) is 4.39 Å². The molecule has 2 atom stereocenters. The summed E-state index contributed by atoms with van der Waals surface area (Å²) in [6.07, 6.45) is 0. The lowest BCUT2D eigenvalue weighted by molar-refractivity contribution is 0.438. The monoisotopic (exact) mass is 259 g/mol. The number of phenols is 1. The third kappa shape index (κ3) is 3.32. The summed E-state index contributed by atoms with van der Waals surface area (Å²) in [5.41, 5.74) is 1.88. The molecule has 0 bridgehead atoms. The quantitative estimate of drug-likeness (QED) is 0.871. The third-order valence-corrected chi connectivity index (χ3v) is 3.27. The molecule has 2 aromatic carbocycles. The molecule has 0 aliphatic heterocycles. The van der Waals surface area contributed by atoms with E-state index in [9.17, 15) is 9.50 Å². The van der Waals surface area contributed by atoms with Crippen LogP contribution < -0.4 is 5.32 Å². The standard InChI is InChI=1S/C16H18FNO/c1-11(13-7-9-14(17)10-8-13)18-12(2)15-5-3-4-6-16(15)19/h3-12,18-19H,1-2H3. The molecule has 19 heavy (non-hydrogen) atoms. The lowest BCUT2D eigenvalue weighted by Crippen LogP contribution is -2.22. The highest BCUT2D eigenvalue weighted by atomic mass is 19.1. The molecule has 2 N–H and O–H groups in total. The van der Waals surface area contributed by atoms with Crippen molar-refractivity contribution in [2.75, 3.05) is 0 Å². The van der Waals surface area contributed by atoms with Crippen molar-refractivity contribution >= 4 is 0 Å². The van der Waals surface area contributed by atoms with Crippen LogP contribution in [0.3, 0.4) is 0 Å². The summed E-state index contributed by atoms with van der Waals surface area (Å²) >= 11 is 0. The molecule has 0 aromatic heterocycles. The fraction of sp³-hybridized carbons (Fsp3) is 0.250. The largest absolute Gasteiger partial charge is 0.508 e. The van der Waals surface area contributed by atoms with Gasteiger partial charge in [-0.3, -0.25) is 0 Å². The van der Waals surface area contributed by atoms with E-state index in [-0.39, 0.29) is 23.7 Å². The van der Waals surface area contributed by atoms with Gasteiger partial charge in [-0.1, -0.05) is 30.3 Å². The number of hydrogen-bond donors (Lipinski definition) is 2. The van der Waals surface area contributed by atoms with Crippen molar-refractivity contribution in [2.45, 2.75) is 25.9 Å². The number of nitrogens with one attached hydrogen (secondary N) is 1. The van der Waals surface area contributed by atoms with Crippen LogP contribution in [0.5, 0.6) is 5.75 Å². The molecule has 0 aliphatic rings. The van der Waals surface area contributed by atoms with Gasteiger partial charge in [-0.15, -0.1) is 0 Å². The predicted octanol–water partition coefficient (Wildman–Crippen LogP) is 3.94. The number of aromatic hydroxyl groups is 1. The summed E-state index contributed by atoms with van der Waals surface area (Å²) in [6, 6.07) is 13.8. The predicted molar refractivity (Wildman–Crippen MR) is 74.5 cm³/mol. The van der Waals surface area contributed by atoms with Crippen LogP contribution >= 0.6 is 0 Å². The second kappa shape index (κ2) is 5.85. The molecule has 100 valence electrons. The van der Waals surface area contributed by atoms with Gasteiger partial charge < -0.3 is 10.4 Å². The molecule has 0 aliphatic carbocycles. The van der Waals surface area contributed by atoms with Crippen molar-refractivity contribution in [3.8, 4) is 5.75 Å². The Morgan fingerprint density at radius 3 is 2.21 bits per heavy atom. The minimum atomic E-state index is -0.232. The van der Waals surface area contributed by atoms with E-state index in [0.29, 0.717) is 0 Å². The van der Waals surface area contributed by atoms with E-state index in [4.69, 9.17) is 0 Å². The van der Waals surface area contributed by atoms with Crippen LogP contribution in [0.4, 0.5) is 4.39 Å². The van der Waals surface area contributed by atoms with Gasteiger partial charge in [0, 0.05) is 17.6 Å². The van der Waals surface area contributed by atoms with Crippen molar-refractivity contribution in [3.05, 3.63) is 65.5 Å². The van der Waals surface area contributed by atoms with Gasteiger partial charge in [0.15, 0.2) is 0 Å². The number of phenolic OH excluding ortho intramolecular Hbond substituents is 1. The van der Waals surface area contributed by atoms with Crippen LogP contribution in [0.1, 0.15) is 37.1 Å². The second-order valence-corrected chi connectivity index (χ2v) is 4.72. The van der Waals surface area contributed by atoms with Gasteiger partial charge in [-0.2, -0.15) is 0 Å². The number of hydrogen-bond acceptors (Lipinski definition) is 2. The van der Waals surface area contributed by atoms with Crippen LogP contribution in [-0.2, 0) is 0 Å². The average molecular weight is 259 g/mol. The first-order valence-electron chi connectivity index (χ1n) is 6.37. The summed E-state index contributed by atoms with van der Waals surface area (Å²) in [5, 5.41) is 13.2. The van der Waals surface area contributed by atoms with E-state index in [1.165, 1.54) is 12.1 Å². The van der Waals surface area contributed by atoms with E-state index in [2.05, 4.69) is 5.32 Å². The summed E-state index contributed by atoms with van der Waals surface area (Å²) < 4.78 is 12.9. The average Bonchev–Trinajstić information content (AvgIpc) is 2.39. The molecular formula is C16H18FNO. The molecule has 0 spiro atoms. The molecule has 0 fully saturated rings. The molecule has 2 rings (SSSR count). The Morgan fingerprint density at radius 1 is 0.947 bits per heavy atom. The number of benzene rings is 2. The van der Waals surface area contributed by atoms with Crippen LogP contribution in [0.2, 0.25) is 0 Å². The van der Waals surface area contributed by atoms with E-state index in [1.54, 1.807) is 24.3 Å². The van der Waals surface area contributed by atoms with E-state index >= 15 is 0 Å². The van der Waals surface area contributed by atoms with Gasteiger partial charge in [0.1, 0.15) is 11.6 Å². The van der Waals surface area contributed by atoms with E-state index < -0.39 is 0 Å². The maximum atomic E-state index is 12.9. The summed E-state index contributed by atoms with van der Waals surface area (Å²) in [7, 11) is 0. The van der Waals surface area contributed by atoms with Gasteiger partial charge in [0.25, 0.3) is 0 Å². The zero-order valence-electron chi connectivity index (χ0n) is 11.1. The zero-order chi connectivity index (χ0) is 13.8. The lowest BCUT2D eigenvalue weighted by Gasteiger charge is -2.21. The lowest BCUT2D eigenvalue weighted by atomic mass is 10.0. The first-order chi connectivity index (χ1) is 9.08. The van der Waals surface area contributed by atoms with Crippen molar-refractivity contribution in [1.29, 1.82) is 0 Å². The molecule has 2 unspecified atom stereocenters. The molecular weight excluding hydrogens is 241 g/mol. The Hall–Kier alpha value is -1.87. The van der Waals surface area contributed by atoms with Crippen molar-refractivity contribution in [2.24, 2.45) is 0 Å². The maximum Gasteiger partial charge on any atom is 0.123 e. The molecule has 0 saturated carbocycles. The number of para-hydroxylation sites is 1. The van der Waals surface area contributed by atoms with E-state index in [1.807, 2.05) is 26.0 Å². The van der Waals surface area contributed by atoms with Gasteiger partial charge >= 0.3 is 0 Å². The topological polar surface area (TPSA) is 32.3 Å². The van der Waals surface area contributed by atoms with Gasteiger partial charge in [0.2, 0.25) is 0 Å². The van der Waals surface area contributed by atoms with Crippen LogP contribution in [-0.4, -0.2) is 5.11 Å². The SMILES string of the molecule is CC(NC(C)c1ccccc1O)c1ccc(F)cc1. The second-order valence-electron chi connectivity index (χ2n) is 4.72. The minimum Gasteiger partial charge on any atom is -0.508 e. The Bertz CT molecular complexity index is 539. The number of halogens is 1. The highest BCUT2D eigenvalue weighted by Gasteiger charge is 2.13. The first kappa shape index (κ1) is 13.6. The third-order valence-electron chi connectivity index (χ3n) is 3.27. The Balaban J connectivity index is 2.08. The molecule has 0 radical (unpaired) electrons. The minimum absolute atomic E-state index is 0.0150. The molecule has 0 amide bonds. The van der Waals surface area contributed by atoms with Crippen LogP contribution in [0.15, 0.2) is 48.5 Å². The van der Waals surface area contributed by atoms with Gasteiger partial charge in [0.05, 0.1) is 0 Å². The van der Waals surface area contributed by atoms with Crippen molar-refractivity contribution in [3.63, 3.8) is 0 Å². The van der Waals surface area contributed by atoms with Crippen LogP contribution in [0, 0.1) is 5.82 Å². The molecule has 3 heteroatoms. The normalized spacial score (nSPS) is 14.1. The smallest absolute Gasteiger partial charge is 0.123 e. The van der Waals surface area contributed by atoms with Crippen LogP contribution in [0.25, 0.3) is 0 Å². The summed E-state index contributed by atoms with van der Waals surface area (Å²) in [5.74, 6) is 0.0542. The summed E-state index contributed by atoms with van der Waals surface area (Å²) in [4.78, 5) is 0. The first-order valence-corrected chi connectivity index (χ1v) is 6.37. The molecule has 2 nitrogen and oxygen atoms in total. The Morgan fingerprint density at radius 2 is 1.58 bits per heavy atom. The molecule has 0 heterocycles.